The van der Waals surface area contributed by atoms with Crippen molar-refractivity contribution < 1.29 is 0 Å². The molecule has 0 saturated heterocycles. The average molecular weight is 167 g/mol. The third-order valence-electron chi connectivity index (χ3n) is 1.82. The van der Waals surface area contributed by atoms with Gasteiger partial charge < -0.3 is 0 Å². The van der Waals surface area contributed by atoms with E-state index in [0.717, 1.165) is 0 Å². The summed E-state index contributed by atoms with van der Waals surface area (Å²) in [5.74, 6) is 0. The number of hydrogen-bond acceptors (Lipinski definition) is 3. The van der Waals surface area contributed by atoms with E-state index in [1.165, 1.54) is 6.07 Å². The number of rotatable bonds is 0. The summed E-state index contributed by atoms with van der Waals surface area (Å²) in [5, 5.41) is 26.1. The molecule has 0 radical (unpaired) electrons. The van der Waals surface area contributed by atoms with Gasteiger partial charge in [0.1, 0.15) is 12.1 Å². The van der Waals surface area contributed by atoms with Crippen molar-refractivity contribution in [2.45, 2.75) is 6.92 Å². The average Bonchev–Trinajstić information content (AvgIpc) is 2.17. The van der Waals surface area contributed by atoms with E-state index in [1.807, 2.05) is 18.2 Å². The maximum Gasteiger partial charge on any atom is 0.101 e. The number of hydrogen-bond donors (Lipinski definition) is 0. The maximum atomic E-state index is 8.74. The van der Waals surface area contributed by atoms with Crippen molar-refractivity contribution in [2.75, 3.05) is 0 Å². The number of nitriles is 3. The Hall–Kier alpha value is -2.31. The van der Waals surface area contributed by atoms with Gasteiger partial charge in [-0.2, -0.15) is 15.8 Å². The first kappa shape index (κ1) is 8.78. The predicted octanol–water partition coefficient (Wildman–Crippen LogP) is 1.61. The van der Waals surface area contributed by atoms with Gasteiger partial charge in [0.2, 0.25) is 0 Å². The van der Waals surface area contributed by atoms with Crippen LogP contribution in [0.5, 0.6) is 0 Å². The molecule has 0 aliphatic rings. The van der Waals surface area contributed by atoms with Crippen molar-refractivity contribution in [1.82, 2.24) is 0 Å². The van der Waals surface area contributed by atoms with Crippen molar-refractivity contribution in [1.29, 1.82) is 15.8 Å². The minimum Gasteiger partial charge on any atom is -0.192 e. The summed E-state index contributed by atoms with van der Waals surface area (Å²) < 4.78 is 0. The van der Waals surface area contributed by atoms with Crippen LogP contribution in [0.3, 0.4) is 0 Å². The Morgan fingerprint density at radius 3 is 1.92 bits per heavy atom. The largest absolute Gasteiger partial charge is 0.192 e. The Labute approximate surface area is 76.1 Å². The predicted molar refractivity (Wildman–Crippen MR) is 45.3 cm³/mol. The molecule has 0 aromatic heterocycles. The van der Waals surface area contributed by atoms with Gasteiger partial charge in [-0.15, -0.1) is 0 Å². The summed E-state index contributed by atoms with van der Waals surface area (Å²) in [7, 11) is 0. The Morgan fingerprint density at radius 2 is 1.46 bits per heavy atom. The SMILES string of the molecule is Cc1c(C#N)ccc(C#N)c1C#N. The second kappa shape index (κ2) is 3.39. The van der Waals surface area contributed by atoms with E-state index in [-0.39, 0.29) is 0 Å². The molecule has 0 aliphatic heterocycles. The van der Waals surface area contributed by atoms with Gasteiger partial charge >= 0.3 is 0 Å². The molecule has 1 aromatic rings. The highest BCUT2D eigenvalue weighted by atomic mass is 14.3. The monoisotopic (exact) mass is 167 g/mol. The first-order valence-electron chi connectivity index (χ1n) is 3.58. The van der Waals surface area contributed by atoms with E-state index >= 15 is 0 Å². The van der Waals surface area contributed by atoms with Gasteiger partial charge in [-0.3, -0.25) is 0 Å². The van der Waals surface area contributed by atoms with Crippen molar-refractivity contribution >= 4 is 0 Å². The van der Waals surface area contributed by atoms with Crippen molar-refractivity contribution in [2.24, 2.45) is 0 Å². The van der Waals surface area contributed by atoms with Crippen LogP contribution in [0.4, 0.5) is 0 Å². The third kappa shape index (κ3) is 1.34. The molecular formula is C10H5N3. The van der Waals surface area contributed by atoms with Crippen LogP contribution in [0.15, 0.2) is 12.1 Å². The van der Waals surface area contributed by atoms with Crippen LogP contribution in [-0.2, 0) is 0 Å². The molecule has 0 unspecified atom stereocenters. The number of benzene rings is 1. The highest BCUT2D eigenvalue weighted by molar-refractivity contribution is 5.55. The van der Waals surface area contributed by atoms with Gasteiger partial charge in [0.05, 0.1) is 22.8 Å². The molecule has 0 spiro atoms. The van der Waals surface area contributed by atoms with Gasteiger partial charge in [0.15, 0.2) is 0 Å². The molecule has 0 heterocycles. The van der Waals surface area contributed by atoms with Gasteiger partial charge in [0.25, 0.3) is 0 Å². The van der Waals surface area contributed by atoms with Crippen LogP contribution >= 0.6 is 0 Å². The molecule has 0 saturated carbocycles. The quantitative estimate of drug-likeness (QED) is 0.589. The topological polar surface area (TPSA) is 71.4 Å². The lowest BCUT2D eigenvalue weighted by Gasteiger charge is -2.00. The lowest BCUT2D eigenvalue weighted by atomic mass is 9.99. The molecule has 13 heavy (non-hydrogen) atoms. The van der Waals surface area contributed by atoms with Crippen molar-refractivity contribution in [3.63, 3.8) is 0 Å². The number of nitrogens with zero attached hydrogens (tertiary/aromatic N) is 3. The second-order valence-corrected chi connectivity index (χ2v) is 2.50. The van der Waals surface area contributed by atoms with Crippen LogP contribution in [0.25, 0.3) is 0 Å². The molecule has 0 fully saturated rings. The second-order valence-electron chi connectivity index (χ2n) is 2.50. The minimum atomic E-state index is 0.293. The first-order valence-corrected chi connectivity index (χ1v) is 3.58. The zero-order valence-electron chi connectivity index (χ0n) is 7.00. The van der Waals surface area contributed by atoms with E-state index in [0.29, 0.717) is 22.3 Å². The van der Waals surface area contributed by atoms with Gasteiger partial charge in [0, 0.05) is 0 Å². The highest BCUT2D eigenvalue weighted by Gasteiger charge is 2.08. The molecule has 0 aliphatic carbocycles. The van der Waals surface area contributed by atoms with Gasteiger partial charge in [-0.25, -0.2) is 0 Å². The lowest BCUT2D eigenvalue weighted by molar-refractivity contribution is 1.32. The van der Waals surface area contributed by atoms with E-state index in [4.69, 9.17) is 15.8 Å². The zero-order valence-corrected chi connectivity index (χ0v) is 7.00. The Morgan fingerprint density at radius 1 is 0.923 bits per heavy atom. The molecule has 60 valence electrons. The van der Waals surface area contributed by atoms with Crippen LogP contribution in [0.2, 0.25) is 0 Å². The van der Waals surface area contributed by atoms with Crippen LogP contribution in [0, 0.1) is 40.9 Å². The first-order chi connectivity index (χ1) is 6.24. The minimum absolute atomic E-state index is 0.293. The summed E-state index contributed by atoms with van der Waals surface area (Å²) in [6.07, 6.45) is 0. The van der Waals surface area contributed by atoms with E-state index < -0.39 is 0 Å². The molecule has 0 N–H and O–H groups in total. The fourth-order valence-electron chi connectivity index (χ4n) is 1.07. The fraction of sp³-hybridized carbons (Fsp3) is 0.100. The van der Waals surface area contributed by atoms with Crippen LogP contribution in [-0.4, -0.2) is 0 Å². The molecule has 1 aromatic carbocycles. The molecule has 0 amide bonds. The molecule has 3 nitrogen and oxygen atoms in total. The Balaban J connectivity index is 3.57. The van der Waals surface area contributed by atoms with E-state index in [2.05, 4.69) is 0 Å². The van der Waals surface area contributed by atoms with Crippen LogP contribution < -0.4 is 0 Å². The normalized spacial score (nSPS) is 8.15. The smallest absolute Gasteiger partial charge is 0.101 e. The lowest BCUT2D eigenvalue weighted by Crippen LogP contribution is -1.92. The standard InChI is InChI=1S/C10H5N3/c1-7-8(4-11)2-3-9(5-12)10(7)6-13/h2-3H,1H3. The van der Waals surface area contributed by atoms with Gasteiger partial charge in [-0.1, -0.05) is 0 Å². The van der Waals surface area contributed by atoms with E-state index in [9.17, 15) is 0 Å². The fourth-order valence-corrected chi connectivity index (χ4v) is 1.07. The summed E-state index contributed by atoms with van der Waals surface area (Å²) in [6, 6.07) is 8.82. The maximum absolute atomic E-state index is 8.74. The molecule has 1 rings (SSSR count). The Bertz CT molecular complexity index is 467. The van der Waals surface area contributed by atoms with Crippen LogP contribution in [0.1, 0.15) is 22.3 Å². The molecular weight excluding hydrogens is 162 g/mol. The summed E-state index contributed by atoms with van der Waals surface area (Å²) in [4.78, 5) is 0. The van der Waals surface area contributed by atoms with E-state index in [1.54, 1.807) is 13.0 Å². The third-order valence-corrected chi connectivity index (χ3v) is 1.82. The summed E-state index contributed by atoms with van der Waals surface area (Å²) >= 11 is 0. The highest BCUT2D eigenvalue weighted by Crippen LogP contribution is 2.16. The summed E-state index contributed by atoms with van der Waals surface area (Å²) in [5.41, 5.74) is 1.63. The molecule has 0 atom stereocenters. The van der Waals surface area contributed by atoms with Crippen molar-refractivity contribution in [3.8, 4) is 18.2 Å². The molecule has 3 heteroatoms. The Kier molecular flexibility index (Phi) is 2.29. The van der Waals surface area contributed by atoms with Crippen molar-refractivity contribution in [3.05, 3.63) is 34.4 Å². The molecule has 0 bridgehead atoms. The zero-order chi connectivity index (χ0) is 9.84. The summed E-state index contributed by atoms with van der Waals surface area (Å²) in [6.45, 7) is 1.66. The van der Waals surface area contributed by atoms with Gasteiger partial charge in [-0.05, 0) is 24.6 Å².